The van der Waals surface area contributed by atoms with Gasteiger partial charge in [0.25, 0.3) is 0 Å². The van der Waals surface area contributed by atoms with Crippen molar-refractivity contribution in [1.29, 1.82) is 5.53 Å². The van der Waals surface area contributed by atoms with E-state index in [-0.39, 0.29) is 0 Å². The molecule has 0 aliphatic rings. The molecule has 0 radical (unpaired) electrons. The predicted octanol–water partition coefficient (Wildman–Crippen LogP) is 6.64. The molecule has 0 aliphatic heterocycles. The van der Waals surface area contributed by atoms with Gasteiger partial charge in [0.1, 0.15) is 11.4 Å². The molecule has 5 heteroatoms. The normalized spacial score (nSPS) is 10.5. The Hall–Kier alpha value is -1.52. The van der Waals surface area contributed by atoms with Crippen LogP contribution in [0, 0.1) is 12.5 Å². The van der Waals surface area contributed by atoms with Crippen molar-refractivity contribution < 1.29 is 4.74 Å². The smallest absolute Gasteiger partial charge is 0.147 e. The number of benzene rings is 2. The topological polar surface area (TPSA) is 45.4 Å². The van der Waals surface area contributed by atoms with Crippen molar-refractivity contribution in [2.45, 2.75) is 36.5 Å². The van der Waals surface area contributed by atoms with Crippen LogP contribution in [0.25, 0.3) is 0 Å². The van der Waals surface area contributed by atoms with E-state index in [1.165, 1.54) is 0 Å². The van der Waals surface area contributed by atoms with Crippen LogP contribution in [0.4, 0.5) is 5.69 Å². The molecule has 2 rings (SSSR count). The number of hydrogen-bond acceptors (Lipinski definition) is 4. The monoisotopic (exact) mass is 334 g/mol. The van der Waals surface area contributed by atoms with Gasteiger partial charge in [0.05, 0.1) is 6.61 Å². The number of unbranched alkanes of at least 4 members (excludes halogenated alkanes) is 1. The summed E-state index contributed by atoms with van der Waals surface area (Å²) in [5, 5.41) is 4.30. The summed E-state index contributed by atoms with van der Waals surface area (Å²) in [6.07, 6.45) is 2.07. The number of nitrogens with one attached hydrogen (secondary N) is 1. The zero-order chi connectivity index (χ0) is 15.9. The number of hydrogen-bond donors (Lipinski definition) is 1. The van der Waals surface area contributed by atoms with Gasteiger partial charge < -0.3 is 4.74 Å². The van der Waals surface area contributed by atoms with Gasteiger partial charge in [-0.15, -0.1) is 0 Å². The molecule has 0 aromatic heterocycles. The van der Waals surface area contributed by atoms with Gasteiger partial charge in [0, 0.05) is 14.8 Å². The number of rotatable bonds is 7. The van der Waals surface area contributed by atoms with Crippen molar-refractivity contribution >= 4 is 29.1 Å². The first kappa shape index (κ1) is 16.8. The van der Waals surface area contributed by atoms with Crippen LogP contribution in [-0.2, 0) is 0 Å². The summed E-state index contributed by atoms with van der Waals surface area (Å²) >= 11 is 7.57. The van der Waals surface area contributed by atoms with Crippen LogP contribution in [0.15, 0.2) is 51.3 Å². The lowest BCUT2D eigenvalue weighted by atomic mass is 10.2. The molecule has 0 atom stereocenters. The molecule has 0 amide bonds. The first-order valence-electron chi connectivity index (χ1n) is 7.22. The number of aryl methyl sites for hydroxylation is 1. The third-order valence-electron chi connectivity index (χ3n) is 3.17. The van der Waals surface area contributed by atoms with Gasteiger partial charge in [-0.1, -0.05) is 36.7 Å². The molecule has 3 nitrogen and oxygen atoms in total. The second kappa shape index (κ2) is 8.20. The van der Waals surface area contributed by atoms with E-state index in [4.69, 9.17) is 21.9 Å². The molecular formula is C17H19ClN2OS. The van der Waals surface area contributed by atoms with E-state index in [9.17, 15) is 0 Å². The molecular weight excluding hydrogens is 316 g/mol. The second-order valence-corrected chi connectivity index (χ2v) is 6.51. The standard InChI is InChI=1S/C17H19ClN2OS/c1-3-4-9-21-16-11-17(12(2)10-15(16)20-19)22-14-7-5-13(18)6-8-14/h5-8,10-11,19H,3-4,9H2,1-2H3. The number of ether oxygens (including phenoxy) is 1. The Morgan fingerprint density at radius 1 is 1.23 bits per heavy atom. The van der Waals surface area contributed by atoms with E-state index in [1.807, 2.05) is 43.3 Å². The van der Waals surface area contributed by atoms with E-state index in [2.05, 4.69) is 12.0 Å². The van der Waals surface area contributed by atoms with Gasteiger partial charge in [0.2, 0.25) is 0 Å². The van der Waals surface area contributed by atoms with Crippen LogP contribution in [0.3, 0.4) is 0 Å². The molecule has 0 saturated heterocycles. The molecule has 0 aliphatic carbocycles. The van der Waals surface area contributed by atoms with Crippen LogP contribution in [0.1, 0.15) is 25.3 Å². The third kappa shape index (κ3) is 4.49. The summed E-state index contributed by atoms with van der Waals surface area (Å²) in [7, 11) is 0. The highest BCUT2D eigenvalue weighted by Gasteiger charge is 2.10. The van der Waals surface area contributed by atoms with Crippen molar-refractivity contribution in [3.05, 3.63) is 47.0 Å². The van der Waals surface area contributed by atoms with Gasteiger partial charge >= 0.3 is 0 Å². The molecule has 0 unspecified atom stereocenters. The first-order valence-corrected chi connectivity index (χ1v) is 8.41. The fraction of sp³-hybridized carbons (Fsp3) is 0.294. The maximum atomic E-state index is 7.30. The van der Waals surface area contributed by atoms with Crippen molar-refractivity contribution in [2.75, 3.05) is 6.61 Å². The number of nitrogens with zero attached hydrogens (tertiary/aromatic N) is 1. The lowest BCUT2D eigenvalue weighted by Crippen LogP contribution is -1.97. The van der Waals surface area contributed by atoms with Crippen molar-refractivity contribution in [3.63, 3.8) is 0 Å². The maximum absolute atomic E-state index is 7.30. The molecule has 0 heterocycles. The molecule has 116 valence electrons. The van der Waals surface area contributed by atoms with Crippen molar-refractivity contribution in [1.82, 2.24) is 0 Å². The highest BCUT2D eigenvalue weighted by atomic mass is 35.5. The Morgan fingerprint density at radius 2 is 1.95 bits per heavy atom. The van der Waals surface area contributed by atoms with Gasteiger partial charge in [-0.2, -0.15) is 5.11 Å². The second-order valence-electron chi connectivity index (χ2n) is 4.96. The van der Waals surface area contributed by atoms with Gasteiger partial charge in [-0.25, -0.2) is 5.53 Å². The summed E-state index contributed by atoms with van der Waals surface area (Å²) in [5.41, 5.74) is 8.96. The molecule has 0 spiro atoms. The average Bonchev–Trinajstić information content (AvgIpc) is 2.52. The Bertz CT molecular complexity index is 644. The average molecular weight is 335 g/mol. The van der Waals surface area contributed by atoms with Gasteiger partial charge in [-0.3, -0.25) is 0 Å². The molecule has 1 N–H and O–H groups in total. The highest BCUT2D eigenvalue weighted by Crippen LogP contribution is 2.38. The van der Waals surface area contributed by atoms with Crippen LogP contribution in [0.2, 0.25) is 5.02 Å². The first-order chi connectivity index (χ1) is 10.6. The minimum atomic E-state index is 0.578. The molecule has 2 aromatic rings. The molecule has 0 saturated carbocycles. The Balaban J connectivity index is 2.24. The molecule has 0 fully saturated rings. The lowest BCUT2D eigenvalue weighted by molar-refractivity contribution is 0.309. The molecule has 0 bridgehead atoms. The fourth-order valence-corrected chi connectivity index (χ4v) is 2.96. The Morgan fingerprint density at radius 3 is 2.59 bits per heavy atom. The predicted molar refractivity (Wildman–Crippen MR) is 92.0 cm³/mol. The van der Waals surface area contributed by atoms with Gasteiger partial charge in [0.15, 0.2) is 0 Å². The summed E-state index contributed by atoms with van der Waals surface area (Å²) in [5.74, 6) is 0.672. The summed E-state index contributed by atoms with van der Waals surface area (Å²) in [4.78, 5) is 2.21. The minimum Gasteiger partial charge on any atom is -0.491 e. The van der Waals surface area contributed by atoms with E-state index in [1.54, 1.807) is 11.8 Å². The summed E-state index contributed by atoms with van der Waals surface area (Å²) < 4.78 is 5.77. The zero-order valence-corrected chi connectivity index (χ0v) is 14.3. The molecule has 22 heavy (non-hydrogen) atoms. The van der Waals surface area contributed by atoms with Crippen molar-refractivity contribution in [3.8, 4) is 5.75 Å². The highest BCUT2D eigenvalue weighted by molar-refractivity contribution is 7.99. The fourth-order valence-electron chi connectivity index (χ4n) is 1.92. The van der Waals surface area contributed by atoms with E-state index in [0.717, 1.165) is 33.2 Å². The van der Waals surface area contributed by atoms with E-state index < -0.39 is 0 Å². The van der Waals surface area contributed by atoms with E-state index >= 15 is 0 Å². The SMILES string of the molecule is CCCCOc1cc(Sc2ccc(Cl)cc2)c(C)cc1N=N. The number of halogens is 1. The van der Waals surface area contributed by atoms with Gasteiger partial charge in [-0.05, 0) is 55.3 Å². The minimum absolute atomic E-state index is 0.578. The Kier molecular flexibility index (Phi) is 6.28. The largest absolute Gasteiger partial charge is 0.491 e. The zero-order valence-electron chi connectivity index (χ0n) is 12.7. The van der Waals surface area contributed by atoms with Crippen LogP contribution >= 0.6 is 23.4 Å². The van der Waals surface area contributed by atoms with Crippen LogP contribution in [0.5, 0.6) is 5.75 Å². The summed E-state index contributed by atoms with van der Waals surface area (Å²) in [6.45, 7) is 4.78. The van der Waals surface area contributed by atoms with Crippen molar-refractivity contribution in [2.24, 2.45) is 5.11 Å². The van der Waals surface area contributed by atoms with Crippen LogP contribution < -0.4 is 4.74 Å². The van der Waals surface area contributed by atoms with E-state index in [0.29, 0.717) is 18.0 Å². The van der Waals surface area contributed by atoms with Crippen LogP contribution in [-0.4, -0.2) is 6.61 Å². The lowest BCUT2D eigenvalue weighted by Gasteiger charge is -2.12. The maximum Gasteiger partial charge on any atom is 0.147 e. The quantitative estimate of drug-likeness (QED) is 0.455. The molecule has 2 aromatic carbocycles. The summed E-state index contributed by atoms with van der Waals surface area (Å²) in [6, 6.07) is 11.6. The third-order valence-corrected chi connectivity index (χ3v) is 4.59. The Labute approximate surface area is 140 Å².